The Morgan fingerprint density at radius 1 is 0.963 bits per heavy atom. The summed E-state index contributed by atoms with van der Waals surface area (Å²) in [5, 5.41) is 9.33. The molecule has 4 nitrogen and oxygen atoms in total. The maximum atomic E-state index is 12.5. The van der Waals surface area contributed by atoms with Crippen LogP contribution in [0.15, 0.2) is 78.9 Å². The third kappa shape index (κ3) is 3.86. The van der Waals surface area contributed by atoms with Gasteiger partial charge in [0, 0.05) is 22.5 Å². The third-order valence-electron chi connectivity index (χ3n) is 4.38. The molecule has 1 N–H and O–H groups in total. The number of para-hydroxylation sites is 1. The number of aromatic nitrogens is 2. The lowest BCUT2D eigenvalue weighted by molar-refractivity contribution is -0.121. The largest absolute Gasteiger partial charge is 0.350 e. The molecular formula is C22H18ClN3O. The van der Waals surface area contributed by atoms with Crippen LogP contribution in [0, 0.1) is 0 Å². The zero-order chi connectivity index (χ0) is 18.6. The van der Waals surface area contributed by atoms with E-state index < -0.39 is 0 Å². The van der Waals surface area contributed by atoms with Gasteiger partial charge < -0.3 is 5.32 Å². The first-order valence-corrected chi connectivity index (χ1v) is 9.10. The average molecular weight is 376 g/mol. The molecule has 0 fully saturated rings. The Labute approximate surface area is 162 Å². The zero-order valence-electron chi connectivity index (χ0n) is 14.6. The van der Waals surface area contributed by atoms with Crippen molar-refractivity contribution in [2.24, 2.45) is 0 Å². The van der Waals surface area contributed by atoms with E-state index in [9.17, 15) is 4.79 Å². The van der Waals surface area contributed by atoms with Crippen LogP contribution in [0.25, 0.3) is 22.2 Å². The lowest BCUT2D eigenvalue weighted by Gasteiger charge is -2.07. The van der Waals surface area contributed by atoms with Crippen LogP contribution in [0.3, 0.4) is 0 Å². The number of fused-ring (bicyclic) bond motifs is 1. The van der Waals surface area contributed by atoms with Crippen molar-refractivity contribution < 1.29 is 4.79 Å². The van der Waals surface area contributed by atoms with E-state index in [4.69, 9.17) is 16.7 Å². The van der Waals surface area contributed by atoms with Crippen LogP contribution >= 0.6 is 11.6 Å². The van der Waals surface area contributed by atoms with Crippen LogP contribution in [-0.4, -0.2) is 15.7 Å². The van der Waals surface area contributed by atoms with Gasteiger partial charge in [0.1, 0.15) is 12.2 Å². The number of hydrogen-bond acceptors (Lipinski definition) is 2. The van der Waals surface area contributed by atoms with Gasteiger partial charge in [-0.15, -0.1) is 0 Å². The molecule has 0 aliphatic rings. The van der Waals surface area contributed by atoms with Crippen molar-refractivity contribution in [2.45, 2.75) is 13.1 Å². The number of amides is 1. The molecule has 0 spiro atoms. The lowest BCUT2D eigenvalue weighted by atomic mass is 10.1. The molecule has 5 heteroatoms. The van der Waals surface area contributed by atoms with E-state index in [0.29, 0.717) is 11.6 Å². The van der Waals surface area contributed by atoms with Gasteiger partial charge in [0.15, 0.2) is 0 Å². The highest BCUT2D eigenvalue weighted by Crippen LogP contribution is 2.27. The minimum absolute atomic E-state index is 0.0946. The first-order valence-electron chi connectivity index (χ1n) is 8.73. The summed E-state index contributed by atoms with van der Waals surface area (Å²) in [7, 11) is 0. The molecule has 4 rings (SSSR count). The molecule has 0 bridgehead atoms. The summed E-state index contributed by atoms with van der Waals surface area (Å²) in [6, 6.07) is 25.4. The molecule has 3 aromatic carbocycles. The van der Waals surface area contributed by atoms with E-state index >= 15 is 0 Å². The molecule has 0 aliphatic carbocycles. The average Bonchev–Trinajstić information content (AvgIpc) is 3.06. The SMILES string of the molecule is O=C(Cn1nc(-c2ccccc2)c2ccccc21)NCc1cccc(Cl)c1. The predicted molar refractivity (Wildman–Crippen MR) is 108 cm³/mol. The molecule has 0 aliphatic heterocycles. The van der Waals surface area contributed by atoms with Crippen molar-refractivity contribution in [1.82, 2.24) is 15.1 Å². The molecule has 1 heterocycles. The zero-order valence-corrected chi connectivity index (χ0v) is 15.4. The number of nitrogens with zero attached hydrogens (tertiary/aromatic N) is 2. The monoisotopic (exact) mass is 375 g/mol. The summed E-state index contributed by atoms with van der Waals surface area (Å²) < 4.78 is 1.75. The Kier molecular flexibility index (Phi) is 4.90. The number of nitrogens with one attached hydrogen (secondary N) is 1. The first kappa shape index (κ1) is 17.3. The van der Waals surface area contributed by atoms with E-state index in [1.165, 1.54) is 0 Å². The van der Waals surface area contributed by atoms with E-state index in [-0.39, 0.29) is 12.5 Å². The van der Waals surface area contributed by atoms with Crippen LogP contribution in [0.2, 0.25) is 5.02 Å². The molecule has 4 aromatic rings. The van der Waals surface area contributed by atoms with Gasteiger partial charge >= 0.3 is 0 Å². The highest BCUT2D eigenvalue weighted by atomic mass is 35.5. The molecule has 1 amide bonds. The molecule has 0 saturated heterocycles. The van der Waals surface area contributed by atoms with Gasteiger partial charge in [0.2, 0.25) is 5.91 Å². The highest BCUT2D eigenvalue weighted by molar-refractivity contribution is 6.30. The molecular weight excluding hydrogens is 358 g/mol. The number of rotatable bonds is 5. The molecule has 0 unspecified atom stereocenters. The minimum atomic E-state index is -0.0946. The van der Waals surface area contributed by atoms with Crippen LogP contribution in [0.4, 0.5) is 0 Å². The minimum Gasteiger partial charge on any atom is -0.350 e. The van der Waals surface area contributed by atoms with Crippen LogP contribution in [0.1, 0.15) is 5.56 Å². The summed E-state index contributed by atoms with van der Waals surface area (Å²) in [5.74, 6) is -0.0946. The number of carbonyl (C=O) groups is 1. The van der Waals surface area contributed by atoms with Crippen molar-refractivity contribution in [3.63, 3.8) is 0 Å². The normalized spacial score (nSPS) is 10.9. The topological polar surface area (TPSA) is 46.9 Å². The maximum Gasteiger partial charge on any atom is 0.242 e. The molecule has 0 radical (unpaired) electrons. The molecule has 134 valence electrons. The van der Waals surface area contributed by atoms with Gasteiger partial charge in [-0.05, 0) is 23.8 Å². The fourth-order valence-corrected chi connectivity index (χ4v) is 3.31. The lowest BCUT2D eigenvalue weighted by Crippen LogP contribution is -2.27. The van der Waals surface area contributed by atoms with Gasteiger partial charge in [-0.25, -0.2) is 0 Å². The Hall–Kier alpha value is -3.11. The second-order valence-corrected chi connectivity index (χ2v) is 6.73. The van der Waals surface area contributed by atoms with Crippen LogP contribution < -0.4 is 5.32 Å². The van der Waals surface area contributed by atoms with Gasteiger partial charge in [0.25, 0.3) is 0 Å². The fraction of sp³-hybridized carbons (Fsp3) is 0.0909. The Bertz CT molecular complexity index is 1090. The van der Waals surface area contributed by atoms with Gasteiger partial charge in [-0.1, -0.05) is 72.3 Å². The Morgan fingerprint density at radius 2 is 1.74 bits per heavy atom. The van der Waals surface area contributed by atoms with Crippen molar-refractivity contribution in [3.05, 3.63) is 89.4 Å². The number of halogens is 1. The van der Waals surface area contributed by atoms with Crippen molar-refractivity contribution >= 4 is 28.4 Å². The number of carbonyl (C=O) groups excluding carboxylic acids is 1. The second-order valence-electron chi connectivity index (χ2n) is 6.30. The Balaban J connectivity index is 1.56. The predicted octanol–water partition coefficient (Wildman–Crippen LogP) is 4.67. The summed E-state index contributed by atoms with van der Waals surface area (Å²) in [4.78, 5) is 12.5. The standard InChI is InChI=1S/C22H18ClN3O/c23-18-10-6-7-16(13-18)14-24-21(27)15-26-20-12-5-4-11-19(20)22(25-26)17-8-2-1-3-9-17/h1-13H,14-15H2,(H,24,27). The smallest absolute Gasteiger partial charge is 0.242 e. The molecule has 0 saturated carbocycles. The quantitative estimate of drug-likeness (QED) is 0.550. The molecule has 0 atom stereocenters. The van der Waals surface area contributed by atoms with E-state index in [2.05, 4.69) is 5.32 Å². The third-order valence-corrected chi connectivity index (χ3v) is 4.61. The second kappa shape index (κ2) is 7.64. The number of hydrogen-bond donors (Lipinski definition) is 1. The molecule has 27 heavy (non-hydrogen) atoms. The van der Waals surface area contributed by atoms with Gasteiger partial charge in [-0.2, -0.15) is 5.10 Å². The molecule has 1 aromatic heterocycles. The van der Waals surface area contributed by atoms with Crippen molar-refractivity contribution in [2.75, 3.05) is 0 Å². The summed E-state index contributed by atoms with van der Waals surface area (Å²) in [6.45, 7) is 0.595. The summed E-state index contributed by atoms with van der Waals surface area (Å²) >= 11 is 5.99. The Morgan fingerprint density at radius 3 is 2.56 bits per heavy atom. The fourth-order valence-electron chi connectivity index (χ4n) is 3.10. The van der Waals surface area contributed by atoms with Gasteiger partial charge in [-0.3, -0.25) is 9.48 Å². The summed E-state index contributed by atoms with van der Waals surface area (Å²) in [6.07, 6.45) is 0. The van der Waals surface area contributed by atoms with E-state index in [1.54, 1.807) is 4.68 Å². The first-order chi connectivity index (χ1) is 13.2. The van der Waals surface area contributed by atoms with Crippen LogP contribution in [0.5, 0.6) is 0 Å². The van der Waals surface area contributed by atoms with Crippen molar-refractivity contribution in [1.29, 1.82) is 0 Å². The van der Waals surface area contributed by atoms with Crippen LogP contribution in [-0.2, 0) is 17.9 Å². The highest BCUT2D eigenvalue weighted by Gasteiger charge is 2.13. The number of benzene rings is 3. The van der Waals surface area contributed by atoms with E-state index in [0.717, 1.165) is 27.7 Å². The maximum absolute atomic E-state index is 12.5. The van der Waals surface area contributed by atoms with E-state index in [1.807, 2.05) is 78.9 Å². The summed E-state index contributed by atoms with van der Waals surface area (Å²) in [5.41, 5.74) is 3.82. The van der Waals surface area contributed by atoms with Crippen molar-refractivity contribution in [3.8, 4) is 11.3 Å². The van der Waals surface area contributed by atoms with Gasteiger partial charge in [0.05, 0.1) is 5.52 Å².